The van der Waals surface area contributed by atoms with Gasteiger partial charge in [0.25, 0.3) is 0 Å². The Morgan fingerprint density at radius 3 is 1.14 bits per heavy atom. The standard InChI is InChI=1S/C16H34O6/c1-15(2,3)21-9-11(17)13(19-7)14(20-8)12(18)10-22-16(4,5)6/h11-14,17-18H,9-10H2,1-8H3/t11-,12-,13-,14-/m0/s1. The van der Waals surface area contributed by atoms with Gasteiger partial charge in [0, 0.05) is 14.2 Å². The van der Waals surface area contributed by atoms with Gasteiger partial charge in [0.2, 0.25) is 0 Å². The summed E-state index contributed by atoms with van der Waals surface area (Å²) >= 11 is 0. The van der Waals surface area contributed by atoms with Gasteiger partial charge in [0.1, 0.15) is 24.4 Å². The van der Waals surface area contributed by atoms with Crippen LogP contribution in [0.1, 0.15) is 41.5 Å². The molecule has 0 aromatic heterocycles. The first-order chi connectivity index (χ1) is 9.91. The van der Waals surface area contributed by atoms with Gasteiger partial charge in [-0.3, -0.25) is 0 Å². The van der Waals surface area contributed by atoms with E-state index in [1.165, 1.54) is 14.2 Å². The molecule has 0 amide bonds. The molecule has 0 heterocycles. The summed E-state index contributed by atoms with van der Waals surface area (Å²) in [7, 11) is 2.93. The summed E-state index contributed by atoms with van der Waals surface area (Å²) in [5, 5.41) is 20.5. The van der Waals surface area contributed by atoms with Crippen LogP contribution < -0.4 is 0 Å². The first-order valence-electron chi connectivity index (χ1n) is 7.61. The summed E-state index contributed by atoms with van der Waals surface area (Å²) < 4.78 is 21.8. The minimum absolute atomic E-state index is 0.0920. The normalized spacial score (nSPS) is 18.8. The van der Waals surface area contributed by atoms with Crippen LogP contribution in [0.3, 0.4) is 0 Å². The van der Waals surface area contributed by atoms with Crippen LogP contribution in [0.5, 0.6) is 0 Å². The van der Waals surface area contributed by atoms with Crippen molar-refractivity contribution in [2.75, 3.05) is 27.4 Å². The quantitative estimate of drug-likeness (QED) is 0.667. The zero-order chi connectivity index (χ0) is 17.6. The molecule has 22 heavy (non-hydrogen) atoms. The van der Waals surface area contributed by atoms with E-state index in [9.17, 15) is 10.2 Å². The fourth-order valence-electron chi connectivity index (χ4n) is 1.88. The summed E-state index contributed by atoms with van der Waals surface area (Å²) in [4.78, 5) is 0. The Bertz CT molecular complexity index is 264. The molecular formula is C16H34O6. The van der Waals surface area contributed by atoms with Crippen LogP contribution in [-0.2, 0) is 18.9 Å². The molecule has 0 aliphatic rings. The van der Waals surface area contributed by atoms with E-state index in [2.05, 4.69) is 0 Å². The average molecular weight is 322 g/mol. The molecule has 0 bridgehead atoms. The Morgan fingerprint density at radius 2 is 0.955 bits per heavy atom. The monoisotopic (exact) mass is 322 g/mol. The molecule has 0 rings (SSSR count). The number of hydrogen-bond acceptors (Lipinski definition) is 6. The minimum atomic E-state index is -0.918. The second kappa shape index (κ2) is 9.15. The topological polar surface area (TPSA) is 77.4 Å². The van der Waals surface area contributed by atoms with Crippen LogP contribution in [0.4, 0.5) is 0 Å². The zero-order valence-corrected chi connectivity index (χ0v) is 15.3. The molecule has 4 atom stereocenters. The van der Waals surface area contributed by atoms with Crippen molar-refractivity contribution >= 4 is 0 Å². The van der Waals surface area contributed by atoms with Crippen molar-refractivity contribution in [3.8, 4) is 0 Å². The Balaban J connectivity index is 4.70. The largest absolute Gasteiger partial charge is 0.388 e. The van der Waals surface area contributed by atoms with Gasteiger partial charge in [-0.15, -0.1) is 0 Å². The van der Waals surface area contributed by atoms with E-state index < -0.39 is 24.4 Å². The van der Waals surface area contributed by atoms with Crippen molar-refractivity contribution < 1.29 is 29.2 Å². The number of hydrogen-bond donors (Lipinski definition) is 2. The van der Waals surface area contributed by atoms with E-state index in [1.54, 1.807) is 0 Å². The van der Waals surface area contributed by atoms with Crippen LogP contribution in [0, 0.1) is 0 Å². The second-order valence-corrected chi connectivity index (χ2v) is 7.38. The van der Waals surface area contributed by atoms with E-state index in [0.717, 1.165) is 0 Å². The fraction of sp³-hybridized carbons (Fsp3) is 1.00. The highest BCUT2D eigenvalue weighted by Gasteiger charge is 2.35. The lowest BCUT2D eigenvalue weighted by molar-refractivity contribution is -0.172. The van der Waals surface area contributed by atoms with Crippen molar-refractivity contribution in [1.82, 2.24) is 0 Å². The fourth-order valence-corrected chi connectivity index (χ4v) is 1.88. The number of aliphatic hydroxyl groups excluding tert-OH is 2. The summed E-state index contributed by atoms with van der Waals surface area (Å²) in [6.07, 6.45) is -3.27. The minimum Gasteiger partial charge on any atom is -0.388 e. The summed E-state index contributed by atoms with van der Waals surface area (Å²) in [5.74, 6) is 0. The van der Waals surface area contributed by atoms with Gasteiger partial charge in [-0.05, 0) is 41.5 Å². The Kier molecular flexibility index (Phi) is 9.05. The summed E-state index contributed by atoms with van der Waals surface area (Å²) in [6, 6.07) is 0. The van der Waals surface area contributed by atoms with Crippen LogP contribution in [0.15, 0.2) is 0 Å². The molecule has 0 aromatic rings. The Morgan fingerprint density at radius 1 is 0.682 bits per heavy atom. The van der Waals surface area contributed by atoms with E-state index in [4.69, 9.17) is 18.9 Å². The summed E-state index contributed by atoms with van der Waals surface area (Å²) in [6.45, 7) is 11.6. The van der Waals surface area contributed by atoms with Gasteiger partial charge in [0.05, 0.1) is 24.4 Å². The van der Waals surface area contributed by atoms with E-state index in [-0.39, 0.29) is 24.4 Å². The average Bonchev–Trinajstić information content (AvgIpc) is 2.37. The Hall–Kier alpha value is -0.240. The molecule has 2 N–H and O–H groups in total. The van der Waals surface area contributed by atoms with Crippen LogP contribution in [0.25, 0.3) is 0 Å². The van der Waals surface area contributed by atoms with Gasteiger partial charge >= 0.3 is 0 Å². The third-order valence-corrected chi connectivity index (χ3v) is 3.00. The number of methoxy groups -OCH3 is 2. The molecule has 0 unspecified atom stereocenters. The lowest BCUT2D eigenvalue weighted by Gasteiger charge is -2.34. The maximum absolute atomic E-state index is 10.3. The molecule has 0 fully saturated rings. The van der Waals surface area contributed by atoms with Gasteiger partial charge in [0.15, 0.2) is 0 Å². The van der Waals surface area contributed by atoms with Crippen LogP contribution in [-0.4, -0.2) is 73.3 Å². The maximum atomic E-state index is 10.3. The third-order valence-electron chi connectivity index (χ3n) is 3.00. The first kappa shape index (κ1) is 21.8. The zero-order valence-electron chi connectivity index (χ0n) is 15.3. The molecular weight excluding hydrogens is 288 g/mol. The lowest BCUT2D eigenvalue weighted by Crippen LogP contribution is -2.50. The van der Waals surface area contributed by atoms with Gasteiger partial charge < -0.3 is 29.2 Å². The van der Waals surface area contributed by atoms with Crippen molar-refractivity contribution in [1.29, 1.82) is 0 Å². The van der Waals surface area contributed by atoms with Gasteiger partial charge in [-0.1, -0.05) is 0 Å². The molecule has 0 aliphatic heterocycles. The molecule has 0 saturated carbocycles. The van der Waals surface area contributed by atoms with Crippen molar-refractivity contribution in [3.63, 3.8) is 0 Å². The molecule has 6 heteroatoms. The number of rotatable bonds is 9. The highest BCUT2D eigenvalue weighted by molar-refractivity contribution is 4.84. The number of aliphatic hydroxyl groups is 2. The van der Waals surface area contributed by atoms with E-state index in [0.29, 0.717) is 0 Å². The predicted octanol–water partition coefficient (Wildman–Crippen LogP) is 1.37. The molecule has 0 aromatic carbocycles. The lowest BCUT2D eigenvalue weighted by atomic mass is 10.0. The molecule has 0 saturated heterocycles. The highest BCUT2D eigenvalue weighted by atomic mass is 16.6. The molecule has 6 nitrogen and oxygen atoms in total. The maximum Gasteiger partial charge on any atom is 0.114 e. The van der Waals surface area contributed by atoms with Crippen molar-refractivity contribution in [3.05, 3.63) is 0 Å². The number of ether oxygens (including phenoxy) is 4. The van der Waals surface area contributed by atoms with Crippen LogP contribution >= 0.6 is 0 Å². The summed E-state index contributed by atoms with van der Waals surface area (Å²) in [5.41, 5.74) is -0.731. The first-order valence-corrected chi connectivity index (χ1v) is 7.61. The SMILES string of the molecule is CO[C@H]([C@@H](OC)[C@@H](O)COC(C)(C)C)[C@@H](O)COC(C)(C)C. The highest BCUT2D eigenvalue weighted by Crippen LogP contribution is 2.17. The van der Waals surface area contributed by atoms with Crippen molar-refractivity contribution in [2.24, 2.45) is 0 Å². The van der Waals surface area contributed by atoms with E-state index >= 15 is 0 Å². The molecule has 0 radical (unpaired) electrons. The van der Waals surface area contributed by atoms with Gasteiger partial charge in [-0.2, -0.15) is 0 Å². The van der Waals surface area contributed by atoms with Crippen molar-refractivity contribution in [2.45, 2.75) is 77.2 Å². The van der Waals surface area contributed by atoms with Crippen LogP contribution in [0.2, 0.25) is 0 Å². The predicted molar refractivity (Wildman–Crippen MR) is 85.0 cm³/mol. The smallest absolute Gasteiger partial charge is 0.114 e. The molecule has 0 spiro atoms. The Labute approximate surface area is 134 Å². The molecule has 134 valence electrons. The van der Waals surface area contributed by atoms with Gasteiger partial charge in [-0.25, -0.2) is 0 Å². The third kappa shape index (κ3) is 9.02. The van der Waals surface area contributed by atoms with E-state index in [1.807, 2.05) is 41.5 Å². The molecule has 0 aliphatic carbocycles. The second-order valence-electron chi connectivity index (χ2n) is 7.38.